The van der Waals surface area contributed by atoms with Crippen LogP contribution in [-0.2, 0) is 0 Å². The Hall–Kier alpha value is -2.63. The van der Waals surface area contributed by atoms with Gasteiger partial charge in [0, 0.05) is 6.07 Å². The number of carboxylic acids is 2. The van der Waals surface area contributed by atoms with Gasteiger partial charge in [0.25, 0.3) is 0 Å². The van der Waals surface area contributed by atoms with Crippen molar-refractivity contribution >= 4 is 22.9 Å². The molecule has 0 bridgehead atoms. The highest BCUT2D eigenvalue weighted by atomic mass is 16.4. The van der Waals surface area contributed by atoms with Gasteiger partial charge in [0.05, 0.1) is 10.9 Å². The standard InChI is InChI=1S/C11H6O6/c12-7-4-9(11(15)16)17-8-2-1-5(10(13)14)3-6(7)8/h1-4H,(H,13,14)(H,15,16). The van der Waals surface area contributed by atoms with Crippen LogP contribution in [0.1, 0.15) is 20.9 Å². The molecular formula is C11H6O6. The molecule has 1 aromatic carbocycles. The fourth-order valence-electron chi connectivity index (χ4n) is 1.39. The number of hydrogen-bond donors (Lipinski definition) is 2. The highest BCUT2D eigenvalue weighted by Crippen LogP contribution is 2.14. The summed E-state index contributed by atoms with van der Waals surface area (Å²) in [6, 6.07) is 4.46. The van der Waals surface area contributed by atoms with Gasteiger partial charge < -0.3 is 14.6 Å². The molecule has 0 saturated carbocycles. The molecule has 2 rings (SSSR count). The third-order valence-corrected chi connectivity index (χ3v) is 2.18. The molecular weight excluding hydrogens is 228 g/mol. The summed E-state index contributed by atoms with van der Waals surface area (Å²) in [4.78, 5) is 32.9. The summed E-state index contributed by atoms with van der Waals surface area (Å²) >= 11 is 0. The van der Waals surface area contributed by atoms with Gasteiger partial charge in [-0.25, -0.2) is 9.59 Å². The van der Waals surface area contributed by atoms with Crippen molar-refractivity contribution in [1.29, 1.82) is 0 Å². The van der Waals surface area contributed by atoms with Crippen LogP contribution < -0.4 is 5.43 Å². The van der Waals surface area contributed by atoms with Crippen LogP contribution in [0.5, 0.6) is 0 Å². The minimum absolute atomic E-state index is 0.0369. The van der Waals surface area contributed by atoms with E-state index in [1.807, 2.05) is 0 Å². The summed E-state index contributed by atoms with van der Waals surface area (Å²) < 4.78 is 4.95. The van der Waals surface area contributed by atoms with Crippen molar-refractivity contribution in [1.82, 2.24) is 0 Å². The summed E-state index contributed by atoms with van der Waals surface area (Å²) in [5, 5.41) is 17.5. The van der Waals surface area contributed by atoms with Gasteiger partial charge >= 0.3 is 11.9 Å². The number of benzene rings is 1. The SMILES string of the molecule is O=C(O)c1ccc2oc(C(=O)O)cc(=O)c2c1. The summed E-state index contributed by atoms with van der Waals surface area (Å²) in [7, 11) is 0. The summed E-state index contributed by atoms with van der Waals surface area (Å²) in [5.74, 6) is -3.01. The molecule has 0 radical (unpaired) electrons. The Bertz CT molecular complexity index is 682. The predicted molar refractivity (Wildman–Crippen MR) is 56.4 cm³/mol. The van der Waals surface area contributed by atoms with Crippen molar-refractivity contribution in [3.63, 3.8) is 0 Å². The van der Waals surface area contributed by atoms with Crippen molar-refractivity contribution in [2.24, 2.45) is 0 Å². The molecule has 0 spiro atoms. The van der Waals surface area contributed by atoms with Crippen LogP contribution in [0.15, 0.2) is 33.5 Å². The lowest BCUT2D eigenvalue weighted by molar-refractivity contribution is 0.0659. The van der Waals surface area contributed by atoms with E-state index in [4.69, 9.17) is 14.6 Å². The van der Waals surface area contributed by atoms with E-state index in [-0.39, 0.29) is 16.5 Å². The van der Waals surface area contributed by atoms with E-state index in [1.165, 1.54) is 12.1 Å². The van der Waals surface area contributed by atoms with Gasteiger partial charge in [0.15, 0.2) is 5.43 Å². The van der Waals surface area contributed by atoms with Crippen LogP contribution in [0, 0.1) is 0 Å². The van der Waals surface area contributed by atoms with Crippen molar-refractivity contribution in [3.8, 4) is 0 Å². The van der Waals surface area contributed by atoms with Gasteiger partial charge in [0.1, 0.15) is 5.58 Å². The molecule has 6 nitrogen and oxygen atoms in total. The lowest BCUT2D eigenvalue weighted by atomic mass is 10.1. The van der Waals surface area contributed by atoms with Crippen molar-refractivity contribution in [2.45, 2.75) is 0 Å². The first-order valence-electron chi connectivity index (χ1n) is 4.53. The molecule has 0 atom stereocenters. The fourth-order valence-corrected chi connectivity index (χ4v) is 1.39. The third kappa shape index (κ3) is 1.87. The molecule has 1 aromatic heterocycles. The van der Waals surface area contributed by atoms with Crippen LogP contribution in [0.3, 0.4) is 0 Å². The Morgan fingerprint density at radius 3 is 2.35 bits per heavy atom. The molecule has 0 aliphatic heterocycles. The number of aromatic carboxylic acids is 2. The molecule has 0 fully saturated rings. The maximum Gasteiger partial charge on any atom is 0.371 e. The first-order chi connectivity index (χ1) is 7.99. The Morgan fingerprint density at radius 1 is 1.06 bits per heavy atom. The van der Waals surface area contributed by atoms with E-state index in [1.54, 1.807) is 0 Å². The number of rotatable bonds is 2. The highest BCUT2D eigenvalue weighted by molar-refractivity contribution is 5.93. The van der Waals surface area contributed by atoms with Crippen molar-refractivity contribution < 1.29 is 24.2 Å². The van der Waals surface area contributed by atoms with Crippen LogP contribution in [0.4, 0.5) is 0 Å². The van der Waals surface area contributed by atoms with Gasteiger partial charge in [-0.15, -0.1) is 0 Å². The van der Waals surface area contributed by atoms with E-state index < -0.39 is 23.1 Å². The van der Waals surface area contributed by atoms with E-state index in [0.29, 0.717) is 0 Å². The Kier molecular flexibility index (Phi) is 2.40. The van der Waals surface area contributed by atoms with Gasteiger partial charge in [-0.05, 0) is 18.2 Å². The minimum atomic E-state index is -1.36. The van der Waals surface area contributed by atoms with Crippen LogP contribution in [0.2, 0.25) is 0 Å². The lowest BCUT2D eigenvalue weighted by Gasteiger charge is -2.00. The fraction of sp³-hybridized carbons (Fsp3) is 0. The van der Waals surface area contributed by atoms with Gasteiger partial charge in [0.2, 0.25) is 5.76 Å². The zero-order valence-corrected chi connectivity index (χ0v) is 8.34. The molecule has 0 amide bonds. The summed E-state index contributed by atoms with van der Waals surface area (Å²) in [6.45, 7) is 0. The van der Waals surface area contributed by atoms with E-state index in [9.17, 15) is 14.4 Å². The topological polar surface area (TPSA) is 105 Å². The second-order valence-corrected chi connectivity index (χ2v) is 3.30. The second kappa shape index (κ2) is 3.75. The van der Waals surface area contributed by atoms with Crippen molar-refractivity contribution in [2.75, 3.05) is 0 Å². The Morgan fingerprint density at radius 2 is 1.76 bits per heavy atom. The van der Waals surface area contributed by atoms with Gasteiger partial charge in [-0.2, -0.15) is 0 Å². The molecule has 17 heavy (non-hydrogen) atoms. The normalized spacial score (nSPS) is 10.4. The highest BCUT2D eigenvalue weighted by Gasteiger charge is 2.12. The number of carboxylic acid groups (broad SMARTS) is 2. The Labute approximate surface area is 93.7 Å². The smallest absolute Gasteiger partial charge is 0.371 e. The van der Waals surface area contributed by atoms with Gasteiger partial charge in [-0.1, -0.05) is 0 Å². The predicted octanol–water partition coefficient (Wildman–Crippen LogP) is 1.19. The molecule has 1 heterocycles. The molecule has 0 aliphatic rings. The molecule has 0 saturated heterocycles. The van der Waals surface area contributed by atoms with Crippen molar-refractivity contribution in [3.05, 3.63) is 45.8 Å². The van der Waals surface area contributed by atoms with E-state index in [0.717, 1.165) is 12.1 Å². The second-order valence-electron chi connectivity index (χ2n) is 3.30. The van der Waals surface area contributed by atoms with Gasteiger partial charge in [-0.3, -0.25) is 4.79 Å². The summed E-state index contributed by atoms with van der Waals surface area (Å²) in [6.07, 6.45) is 0. The molecule has 0 aliphatic carbocycles. The number of carbonyl (C=O) groups is 2. The Balaban J connectivity index is 2.77. The quantitative estimate of drug-likeness (QED) is 0.808. The zero-order chi connectivity index (χ0) is 12.6. The maximum absolute atomic E-state index is 11.6. The summed E-state index contributed by atoms with van der Waals surface area (Å²) in [5.41, 5.74) is -0.612. The minimum Gasteiger partial charge on any atom is -0.478 e. The first kappa shape index (κ1) is 10.9. The first-order valence-corrected chi connectivity index (χ1v) is 4.53. The molecule has 2 aromatic rings. The van der Waals surface area contributed by atoms with Crippen LogP contribution in [-0.4, -0.2) is 22.2 Å². The molecule has 86 valence electrons. The molecule has 6 heteroatoms. The van der Waals surface area contributed by atoms with Crippen LogP contribution >= 0.6 is 0 Å². The maximum atomic E-state index is 11.6. The number of fused-ring (bicyclic) bond motifs is 1. The number of hydrogen-bond acceptors (Lipinski definition) is 4. The van der Waals surface area contributed by atoms with E-state index >= 15 is 0 Å². The third-order valence-electron chi connectivity index (χ3n) is 2.18. The van der Waals surface area contributed by atoms with E-state index in [2.05, 4.69) is 0 Å². The monoisotopic (exact) mass is 234 g/mol. The molecule has 0 unspecified atom stereocenters. The average molecular weight is 234 g/mol. The van der Waals surface area contributed by atoms with Crippen LogP contribution in [0.25, 0.3) is 11.0 Å². The average Bonchev–Trinajstić information content (AvgIpc) is 2.28. The lowest BCUT2D eigenvalue weighted by Crippen LogP contribution is -2.07. The largest absolute Gasteiger partial charge is 0.478 e. The zero-order valence-electron chi connectivity index (χ0n) is 8.34. The molecule has 2 N–H and O–H groups in total.